The fraction of sp³-hybridized carbons (Fsp3) is 0.722. The molecule has 1 saturated heterocycles. The molecule has 138 valence electrons. The first-order valence-corrected chi connectivity index (χ1v) is 9.55. The first-order valence-electron chi connectivity index (χ1n) is 9.55. The molecule has 3 rings (SSSR count). The van der Waals surface area contributed by atoms with Crippen molar-refractivity contribution in [1.82, 2.24) is 25.1 Å². The minimum absolute atomic E-state index is 0.274. The lowest BCUT2D eigenvalue weighted by Gasteiger charge is -2.21. The van der Waals surface area contributed by atoms with Crippen LogP contribution in [0.4, 0.5) is 0 Å². The summed E-state index contributed by atoms with van der Waals surface area (Å²) < 4.78 is 2.02. The van der Waals surface area contributed by atoms with E-state index in [4.69, 9.17) is 0 Å². The third-order valence-electron chi connectivity index (χ3n) is 5.08. The van der Waals surface area contributed by atoms with E-state index in [2.05, 4.69) is 27.5 Å². The van der Waals surface area contributed by atoms with Crippen LogP contribution in [0.25, 0.3) is 0 Å². The van der Waals surface area contributed by atoms with Gasteiger partial charge in [0.25, 0.3) is 0 Å². The summed E-state index contributed by atoms with van der Waals surface area (Å²) in [6.45, 7) is 6.06. The zero-order chi connectivity index (χ0) is 17.5. The van der Waals surface area contributed by atoms with Crippen molar-refractivity contribution in [3.8, 4) is 0 Å². The van der Waals surface area contributed by atoms with Gasteiger partial charge in [0, 0.05) is 50.5 Å². The predicted octanol–water partition coefficient (Wildman–Crippen LogP) is 1.23. The average molecular weight is 346 g/mol. The molecule has 0 spiro atoms. The SMILES string of the molecule is CCNC(=NCCn1ccnc1)NC1CCN(C(=O)C2CCCC2)C1. The number of likely N-dealkylation sites (tertiary alicyclic amines) is 1. The van der Waals surface area contributed by atoms with E-state index in [-0.39, 0.29) is 12.0 Å². The van der Waals surface area contributed by atoms with E-state index in [0.29, 0.717) is 12.5 Å². The maximum absolute atomic E-state index is 12.6. The van der Waals surface area contributed by atoms with Crippen LogP contribution in [0.2, 0.25) is 0 Å². The number of carbonyl (C=O) groups is 1. The summed E-state index contributed by atoms with van der Waals surface area (Å²) in [5.41, 5.74) is 0. The second-order valence-electron chi connectivity index (χ2n) is 6.96. The van der Waals surface area contributed by atoms with Crippen LogP contribution in [0, 0.1) is 5.92 Å². The van der Waals surface area contributed by atoms with Crippen molar-refractivity contribution in [2.24, 2.45) is 10.9 Å². The molecule has 1 unspecified atom stereocenters. The summed E-state index contributed by atoms with van der Waals surface area (Å²) in [4.78, 5) is 23.3. The Morgan fingerprint density at radius 2 is 2.16 bits per heavy atom. The van der Waals surface area contributed by atoms with Crippen molar-refractivity contribution in [2.45, 2.75) is 51.6 Å². The summed E-state index contributed by atoms with van der Waals surface area (Å²) in [7, 11) is 0. The van der Waals surface area contributed by atoms with E-state index >= 15 is 0 Å². The zero-order valence-corrected chi connectivity index (χ0v) is 15.2. The molecular formula is C18H30N6O. The van der Waals surface area contributed by atoms with Crippen LogP contribution in [-0.4, -0.2) is 58.5 Å². The van der Waals surface area contributed by atoms with Gasteiger partial charge in [-0.15, -0.1) is 0 Å². The lowest BCUT2D eigenvalue weighted by molar-refractivity contribution is -0.134. The van der Waals surface area contributed by atoms with Gasteiger partial charge in [-0.1, -0.05) is 12.8 Å². The summed E-state index contributed by atoms with van der Waals surface area (Å²) in [5.74, 6) is 1.47. The number of aliphatic imine (C=N–C) groups is 1. The van der Waals surface area contributed by atoms with Crippen LogP contribution in [-0.2, 0) is 11.3 Å². The minimum Gasteiger partial charge on any atom is -0.357 e. The average Bonchev–Trinajstić information content (AvgIpc) is 3.37. The predicted molar refractivity (Wildman–Crippen MR) is 98.3 cm³/mol. The lowest BCUT2D eigenvalue weighted by Crippen LogP contribution is -2.45. The molecule has 25 heavy (non-hydrogen) atoms. The topological polar surface area (TPSA) is 74.6 Å². The number of aromatic nitrogens is 2. The summed E-state index contributed by atoms with van der Waals surface area (Å²) >= 11 is 0. The molecule has 1 aromatic heterocycles. The Morgan fingerprint density at radius 3 is 2.88 bits per heavy atom. The van der Waals surface area contributed by atoms with Crippen molar-refractivity contribution in [2.75, 3.05) is 26.2 Å². The van der Waals surface area contributed by atoms with Gasteiger partial charge in [0.1, 0.15) is 0 Å². The maximum Gasteiger partial charge on any atom is 0.225 e. The highest BCUT2D eigenvalue weighted by Gasteiger charge is 2.32. The normalized spacial score (nSPS) is 21.7. The third kappa shape index (κ3) is 4.96. The molecule has 2 aliphatic rings. The van der Waals surface area contributed by atoms with Crippen molar-refractivity contribution >= 4 is 11.9 Å². The fourth-order valence-electron chi connectivity index (χ4n) is 3.72. The van der Waals surface area contributed by atoms with E-state index in [0.717, 1.165) is 51.4 Å². The number of guanidine groups is 1. The summed E-state index contributed by atoms with van der Waals surface area (Å²) in [6, 6.07) is 0.288. The van der Waals surface area contributed by atoms with Gasteiger partial charge in [-0.3, -0.25) is 9.79 Å². The standard InChI is InChI=1S/C18H30N6O/c1-2-20-18(21-9-12-23-11-8-19-14-23)22-16-7-10-24(13-16)17(25)15-5-3-4-6-15/h8,11,14-16H,2-7,9-10,12-13H2,1H3,(H2,20,21,22). The Kier molecular flexibility index (Phi) is 6.30. The van der Waals surface area contributed by atoms with Gasteiger partial charge < -0.3 is 20.1 Å². The Morgan fingerprint density at radius 1 is 1.32 bits per heavy atom. The number of amides is 1. The number of imidazole rings is 1. The van der Waals surface area contributed by atoms with Crippen LogP contribution in [0.15, 0.2) is 23.7 Å². The van der Waals surface area contributed by atoms with Crippen molar-refractivity contribution in [3.63, 3.8) is 0 Å². The lowest BCUT2D eigenvalue weighted by atomic mass is 10.1. The van der Waals surface area contributed by atoms with Crippen LogP contribution >= 0.6 is 0 Å². The van der Waals surface area contributed by atoms with Crippen molar-refractivity contribution in [1.29, 1.82) is 0 Å². The van der Waals surface area contributed by atoms with Gasteiger partial charge in [0.05, 0.1) is 12.9 Å². The quantitative estimate of drug-likeness (QED) is 0.600. The smallest absolute Gasteiger partial charge is 0.225 e. The fourth-order valence-corrected chi connectivity index (χ4v) is 3.72. The highest BCUT2D eigenvalue weighted by atomic mass is 16.2. The van der Waals surface area contributed by atoms with E-state index in [1.165, 1.54) is 12.8 Å². The molecule has 7 nitrogen and oxygen atoms in total. The largest absolute Gasteiger partial charge is 0.357 e. The first-order chi connectivity index (χ1) is 12.3. The monoisotopic (exact) mass is 346 g/mol. The van der Waals surface area contributed by atoms with Crippen LogP contribution in [0.5, 0.6) is 0 Å². The van der Waals surface area contributed by atoms with Gasteiger partial charge in [-0.05, 0) is 26.2 Å². The van der Waals surface area contributed by atoms with Crippen molar-refractivity contribution < 1.29 is 4.79 Å². The number of carbonyl (C=O) groups excluding carboxylic acids is 1. The maximum atomic E-state index is 12.6. The molecule has 0 aromatic carbocycles. The number of rotatable bonds is 6. The molecule has 0 bridgehead atoms. The number of nitrogens with zero attached hydrogens (tertiary/aromatic N) is 4. The van der Waals surface area contributed by atoms with E-state index in [1.54, 1.807) is 12.5 Å². The Balaban J connectivity index is 1.47. The molecule has 1 atom stereocenters. The Labute approximate surface area is 149 Å². The highest BCUT2D eigenvalue weighted by molar-refractivity contribution is 5.81. The van der Waals surface area contributed by atoms with Gasteiger partial charge in [0.15, 0.2) is 5.96 Å². The first kappa shape index (κ1) is 17.8. The van der Waals surface area contributed by atoms with Gasteiger partial charge in [0.2, 0.25) is 5.91 Å². The Bertz CT molecular complexity index is 564. The molecular weight excluding hydrogens is 316 g/mol. The molecule has 1 aliphatic carbocycles. The van der Waals surface area contributed by atoms with Gasteiger partial charge in [-0.25, -0.2) is 4.98 Å². The second kappa shape index (κ2) is 8.87. The number of nitrogens with one attached hydrogen (secondary N) is 2. The second-order valence-corrected chi connectivity index (χ2v) is 6.96. The molecule has 7 heteroatoms. The molecule has 2 fully saturated rings. The third-order valence-corrected chi connectivity index (χ3v) is 5.08. The van der Waals surface area contributed by atoms with Gasteiger partial charge >= 0.3 is 0 Å². The Hall–Kier alpha value is -2.05. The summed E-state index contributed by atoms with van der Waals surface area (Å²) in [6.07, 6.45) is 11.1. The molecule has 1 saturated carbocycles. The molecule has 1 aromatic rings. The minimum atomic E-state index is 0.274. The number of hydrogen-bond donors (Lipinski definition) is 2. The van der Waals surface area contributed by atoms with Crippen molar-refractivity contribution in [3.05, 3.63) is 18.7 Å². The van der Waals surface area contributed by atoms with Crippen LogP contribution < -0.4 is 10.6 Å². The summed E-state index contributed by atoms with van der Waals surface area (Å²) in [5, 5.41) is 6.79. The van der Waals surface area contributed by atoms with Crippen LogP contribution in [0.1, 0.15) is 39.0 Å². The molecule has 1 amide bonds. The molecule has 2 heterocycles. The zero-order valence-electron chi connectivity index (χ0n) is 15.2. The molecule has 2 N–H and O–H groups in total. The van der Waals surface area contributed by atoms with Gasteiger partial charge in [-0.2, -0.15) is 0 Å². The van der Waals surface area contributed by atoms with Crippen LogP contribution in [0.3, 0.4) is 0 Å². The highest BCUT2D eigenvalue weighted by Crippen LogP contribution is 2.27. The molecule has 0 radical (unpaired) electrons. The van der Waals surface area contributed by atoms with E-state index < -0.39 is 0 Å². The van der Waals surface area contributed by atoms with E-state index in [9.17, 15) is 4.79 Å². The van der Waals surface area contributed by atoms with E-state index in [1.807, 2.05) is 15.7 Å². The molecule has 1 aliphatic heterocycles. The number of hydrogen-bond acceptors (Lipinski definition) is 3.